The topological polar surface area (TPSA) is 43.8 Å². The molecule has 0 spiro atoms. The molecule has 4 rings (SSSR count). The van der Waals surface area contributed by atoms with E-state index in [0.29, 0.717) is 25.2 Å². The summed E-state index contributed by atoms with van der Waals surface area (Å²) in [5, 5.41) is 9.61. The van der Waals surface area contributed by atoms with E-state index in [1.807, 2.05) is 30.3 Å². The fourth-order valence-corrected chi connectivity index (χ4v) is 4.35. The van der Waals surface area contributed by atoms with Gasteiger partial charge in [-0.1, -0.05) is 42.5 Å². The maximum atomic E-state index is 13.4. The molecular weight excluding hydrogens is 357 g/mol. The number of hydrogen-bond donors (Lipinski definition) is 1. The second-order valence-electron chi connectivity index (χ2n) is 7.14. The summed E-state index contributed by atoms with van der Waals surface area (Å²) in [6, 6.07) is 13.6. The third kappa shape index (κ3) is 3.27. The van der Waals surface area contributed by atoms with Gasteiger partial charge < -0.3 is 5.11 Å². The molecule has 0 radical (unpaired) electrons. The van der Waals surface area contributed by atoms with E-state index in [4.69, 9.17) is 0 Å². The summed E-state index contributed by atoms with van der Waals surface area (Å²) >= 11 is 0. The van der Waals surface area contributed by atoms with Gasteiger partial charge in [0.2, 0.25) is 0 Å². The fraction of sp³-hybridized carbons (Fsp3) is 0.350. The minimum absolute atomic E-state index is 0.0928. The number of benzene rings is 2. The van der Waals surface area contributed by atoms with Crippen LogP contribution in [-0.4, -0.2) is 40.1 Å². The molecule has 0 bridgehead atoms. The normalized spacial score (nSPS) is 22.4. The molecule has 2 aliphatic rings. The number of likely N-dealkylation sites (tertiary alicyclic amines) is 1. The molecule has 1 N–H and O–H groups in total. The molecular formula is C20H19F3N2O2. The number of amides is 1. The molecule has 4 nitrogen and oxygen atoms in total. The van der Waals surface area contributed by atoms with Crippen molar-refractivity contribution in [2.24, 2.45) is 0 Å². The van der Waals surface area contributed by atoms with Gasteiger partial charge in [0, 0.05) is 25.6 Å². The van der Waals surface area contributed by atoms with Crippen LogP contribution in [0.25, 0.3) is 0 Å². The first-order chi connectivity index (χ1) is 12.8. The third-order valence-corrected chi connectivity index (χ3v) is 5.51. The highest BCUT2D eigenvalue weighted by molar-refractivity contribution is 5.67. The van der Waals surface area contributed by atoms with Crippen molar-refractivity contribution in [2.75, 3.05) is 13.1 Å². The Morgan fingerprint density at radius 3 is 2.48 bits per heavy atom. The van der Waals surface area contributed by atoms with Crippen LogP contribution in [0.3, 0.4) is 0 Å². The quantitative estimate of drug-likeness (QED) is 0.856. The smallest absolute Gasteiger partial charge is 0.416 e. The summed E-state index contributed by atoms with van der Waals surface area (Å²) in [5.41, 5.74) is 1.09. The average molecular weight is 376 g/mol. The summed E-state index contributed by atoms with van der Waals surface area (Å²) in [4.78, 5) is 15.1. The summed E-state index contributed by atoms with van der Waals surface area (Å²) in [6.07, 6.45) is -5.67. The van der Waals surface area contributed by atoms with Gasteiger partial charge in [-0.05, 0) is 22.8 Å². The largest absolute Gasteiger partial charge is 0.465 e. The molecule has 0 aliphatic carbocycles. The second kappa shape index (κ2) is 6.56. The molecule has 0 aromatic heterocycles. The number of carboxylic acid groups (broad SMARTS) is 1. The summed E-state index contributed by atoms with van der Waals surface area (Å²) in [5.74, 6) is -0.254. The van der Waals surface area contributed by atoms with Gasteiger partial charge >= 0.3 is 12.3 Å². The molecule has 1 saturated heterocycles. The minimum atomic E-state index is -4.50. The molecule has 7 heteroatoms. The van der Waals surface area contributed by atoms with Gasteiger partial charge in [0.05, 0.1) is 18.2 Å². The molecule has 2 aliphatic heterocycles. The molecule has 2 unspecified atom stereocenters. The highest BCUT2D eigenvalue weighted by Crippen LogP contribution is 2.43. The molecule has 2 aromatic rings. The average Bonchev–Trinajstić information content (AvgIpc) is 3.04. The van der Waals surface area contributed by atoms with Crippen LogP contribution in [0.4, 0.5) is 18.0 Å². The molecule has 27 heavy (non-hydrogen) atoms. The van der Waals surface area contributed by atoms with E-state index in [2.05, 4.69) is 4.90 Å². The number of rotatable bonds is 2. The SMILES string of the molecule is O=C(O)N1Cc2c(cccc2C(F)(F)F)C2CN(Cc3ccccc3)CC21. The highest BCUT2D eigenvalue weighted by Gasteiger charge is 2.46. The molecule has 1 amide bonds. The number of alkyl halides is 3. The maximum absolute atomic E-state index is 13.4. The zero-order valence-corrected chi connectivity index (χ0v) is 14.5. The van der Waals surface area contributed by atoms with E-state index in [0.717, 1.165) is 11.6 Å². The highest BCUT2D eigenvalue weighted by atomic mass is 19.4. The third-order valence-electron chi connectivity index (χ3n) is 5.51. The van der Waals surface area contributed by atoms with Crippen molar-refractivity contribution in [3.05, 3.63) is 70.8 Å². The molecule has 0 saturated carbocycles. The van der Waals surface area contributed by atoms with E-state index in [1.54, 1.807) is 6.07 Å². The van der Waals surface area contributed by atoms with E-state index in [-0.39, 0.29) is 24.1 Å². The van der Waals surface area contributed by atoms with Gasteiger partial charge in [0.25, 0.3) is 0 Å². The fourth-order valence-electron chi connectivity index (χ4n) is 4.35. The maximum Gasteiger partial charge on any atom is 0.416 e. The van der Waals surface area contributed by atoms with Crippen LogP contribution in [0.5, 0.6) is 0 Å². The number of hydrogen-bond acceptors (Lipinski definition) is 2. The van der Waals surface area contributed by atoms with Crippen LogP contribution in [0.15, 0.2) is 48.5 Å². The van der Waals surface area contributed by atoms with E-state index in [1.165, 1.54) is 11.0 Å². The first-order valence-corrected chi connectivity index (χ1v) is 8.79. The van der Waals surface area contributed by atoms with Crippen LogP contribution in [0, 0.1) is 0 Å². The van der Waals surface area contributed by atoms with Gasteiger partial charge in [-0.15, -0.1) is 0 Å². The summed E-state index contributed by atoms with van der Waals surface area (Å²) in [7, 11) is 0. The lowest BCUT2D eigenvalue weighted by atomic mass is 9.83. The Balaban J connectivity index is 1.69. The number of halogens is 3. The van der Waals surface area contributed by atoms with Crippen molar-refractivity contribution in [3.63, 3.8) is 0 Å². The van der Waals surface area contributed by atoms with Crippen molar-refractivity contribution >= 4 is 6.09 Å². The van der Waals surface area contributed by atoms with E-state index >= 15 is 0 Å². The predicted octanol–water partition coefficient (Wildman–Crippen LogP) is 4.17. The van der Waals surface area contributed by atoms with Gasteiger partial charge in [0.1, 0.15) is 0 Å². The lowest BCUT2D eigenvalue weighted by molar-refractivity contribution is -0.138. The molecule has 1 fully saturated rings. The Hall–Kier alpha value is -2.54. The van der Waals surface area contributed by atoms with Crippen molar-refractivity contribution in [2.45, 2.75) is 31.2 Å². The van der Waals surface area contributed by atoms with Crippen LogP contribution < -0.4 is 0 Å². The Morgan fingerprint density at radius 1 is 1.07 bits per heavy atom. The standard InChI is InChI=1S/C20H19F3N2O2/c21-20(22,23)17-8-4-7-14-15(17)11-25(19(26)27)18-12-24(10-16(14)18)9-13-5-2-1-3-6-13/h1-8,16,18H,9-12H2,(H,26,27). The summed E-state index contributed by atoms with van der Waals surface area (Å²) < 4.78 is 40.3. The van der Waals surface area contributed by atoms with Gasteiger partial charge in [0.15, 0.2) is 0 Å². The number of carbonyl (C=O) groups is 1. The predicted molar refractivity (Wildman–Crippen MR) is 93.3 cm³/mol. The van der Waals surface area contributed by atoms with Gasteiger partial charge in [-0.3, -0.25) is 9.80 Å². The lowest BCUT2D eigenvalue weighted by Crippen LogP contribution is -2.46. The molecule has 142 valence electrons. The zero-order chi connectivity index (χ0) is 19.2. The van der Waals surface area contributed by atoms with E-state index in [9.17, 15) is 23.1 Å². The molecule has 2 aromatic carbocycles. The zero-order valence-electron chi connectivity index (χ0n) is 14.5. The van der Waals surface area contributed by atoms with E-state index < -0.39 is 17.8 Å². The second-order valence-corrected chi connectivity index (χ2v) is 7.14. The van der Waals surface area contributed by atoms with Gasteiger partial charge in [-0.25, -0.2) is 4.79 Å². The number of nitrogens with zero attached hydrogens (tertiary/aromatic N) is 2. The Kier molecular flexibility index (Phi) is 4.34. The first-order valence-electron chi connectivity index (χ1n) is 8.79. The van der Waals surface area contributed by atoms with Crippen molar-refractivity contribution in [3.8, 4) is 0 Å². The minimum Gasteiger partial charge on any atom is -0.465 e. The molecule has 2 heterocycles. The Bertz CT molecular complexity index is 854. The van der Waals surface area contributed by atoms with Crippen LogP contribution in [-0.2, 0) is 19.3 Å². The van der Waals surface area contributed by atoms with Gasteiger partial charge in [-0.2, -0.15) is 13.2 Å². The first kappa shape index (κ1) is 17.9. The van der Waals surface area contributed by atoms with Crippen LogP contribution in [0.1, 0.15) is 28.2 Å². The molecule has 2 atom stereocenters. The summed E-state index contributed by atoms with van der Waals surface area (Å²) in [6.45, 7) is 1.48. The van der Waals surface area contributed by atoms with Crippen LogP contribution in [0.2, 0.25) is 0 Å². The lowest BCUT2D eigenvalue weighted by Gasteiger charge is -2.37. The monoisotopic (exact) mass is 376 g/mol. The Labute approximate surface area is 154 Å². The Morgan fingerprint density at radius 2 is 1.81 bits per heavy atom. The number of fused-ring (bicyclic) bond motifs is 3. The van der Waals surface area contributed by atoms with Crippen molar-refractivity contribution in [1.82, 2.24) is 9.80 Å². The van der Waals surface area contributed by atoms with Crippen LogP contribution >= 0.6 is 0 Å². The van der Waals surface area contributed by atoms with Crippen molar-refractivity contribution in [1.29, 1.82) is 0 Å². The van der Waals surface area contributed by atoms with Crippen molar-refractivity contribution < 1.29 is 23.1 Å².